The number of hydrogen-bond acceptors (Lipinski definition) is 3. The van der Waals surface area contributed by atoms with Crippen LogP contribution in [0.2, 0.25) is 0 Å². The quantitative estimate of drug-likeness (QED) is 0.838. The molecule has 1 aromatic rings. The maximum atomic E-state index is 5.91. The predicted molar refractivity (Wildman–Crippen MR) is 88.1 cm³/mol. The molecule has 118 valence electrons. The molecule has 3 nitrogen and oxygen atoms in total. The number of nitrogens with one attached hydrogen (secondary N) is 1. The highest BCUT2D eigenvalue weighted by atomic mass is 16.5. The van der Waals surface area contributed by atoms with E-state index in [-0.39, 0.29) is 5.60 Å². The topological polar surface area (TPSA) is 30.5 Å². The number of benzene rings is 1. The molecule has 0 bridgehead atoms. The molecule has 1 aromatic carbocycles. The average molecular weight is 291 g/mol. The molecule has 2 rings (SSSR count). The van der Waals surface area contributed by atoms with Gasteiger partial charge in [-0.1, -0.05) is 26.8 Å². The lowest BCUT2D eigenvalue weighted by Gasteiger charge is -2.38. The average Bonchev–Trinajstić information content (AvgIpc) is 2.46. The zero-order valence-corrected chi connectivity index (χ0v) is 13.8. The maximum Gasteiger partial charge on any atom is 0.121 e. The molecule has 0 aliphatic carbocycles. The van der Waals surface area contributed by atoms with Crippen LogP contribution in [-0.2, 0) is 4.74 Å². The Morgan fingerprint density at radius 3 is 2.95 bits per heavy atom. The van der Waals surface area contributed by atoms with Gasteiger partial charge in [0.15, 0.2) is 0 Å². The van der Waals surface area contributed by atoms with Crippen LogP contribution in [0.15, 0.2) is 24.3 Å². The molecule has 0 aromatic heterocycles. The SMILES string of the molecule is CCC1(C)CC(Nc2cccc(OCC(C)C)c2)CCO1. The van der Waals surface area contributed by atoms with Crippen LogP contribution in [0.25, 0.3) is 0 Å². The molecular weight excluding hydrogens is 262 g/mol. The molecule has 1 heterocycles. The Kier molecular flexibility index (Phi) is 5.51. The van der Waals surface area contributed by atoms with E-state index in [0.717, 1.165) is 43.9 Å². The summed E-state index contributed by atoms with van der Waals surface area (Å²) in [6, 6.07) is 8.76. The fourth-order valence-corrected chi connectivity index (χ4v) is 2.67. The van der Waals surface area contributed by atoms with Gasteiger partial charge >= 0.3 is 0 Å². The molecule has 0 amide bonds. The fourth-order valence-electron chi connectivity index (χ4n) is 2.67. The molecule has 1 aliphatic heterocycles. The van der Waals surface area contributed by atoms with Crippen molar-refractivity contribution in [1.82, 2.24) is 0 Å². The van der Waals surface area contributed by atoms with Crippen molar-refractivity contribution in [2.75, 3.05) is 18.5 Å². The van der Waals surface area contributed by atoms with Gasteiger partial charge in [0, 0.05) is 24.4 Å². The number of hydrogen-bond donors (Lipinski definition) is 1. The van der Waals surface area contributed by atoms with Crippen LogP contribution in [0.5, 0.6) is 5.75 Å². The zero-order valence-electron chi connectivity index (χ0n) is 13.8. The highest BCUT2D eigenvalue weighted by Crippen LogP contribution is 2.30. The zero-order chi connectivity index (χ0) is 15.3. The van der Waals surface area contributed by atoms with E-state index >= 15 is 0 Å². The van der Waals surface area contributed by atoms with E-state index in [0.29, 0.717) is 12.0 Å². The standard InChI is InChI=1S/C18H29NO2/c1-5-18(4)12-16(9-10-21-18)19-15-7-6-8-17(11-15)20-13-14(2)3/h6-8,11,14,16,19H,5,9-10,12-13H2,1-4H3. The van der Waals surface area contributed by atoms with E-state index in [4.69, 9.17) is 9.47 Å². The normalized spacial score (nSPS) is 25.9. The lowest BCUT2D eigenvalue weighted by molar-refractivity contribution is -0.0708. The summed E-state index contributed by atoms with van der Waals surface area (Å²) in [6.45, 7) is 10.3. The molecule has 1 saturated heterocycles. The van der Waals surface area contributed by atoms with Gasteiger partial charge in [0.1, 0.15) is 5.75 Å². The smallest absolute Gasteiger partial charge is 0.121 e. The van der Waals surface area contributed by atoms with E-state index in [1.54, 1.807) is 0 Å². The molecule has 1 N–H and O–H groups in total. The first-order valence-electron chi connectivity index (χ1n) is 8.14. The Morgan fingerprint density at radius 2 is 2.24 bits per heavy atom. The van der Waals surface area contributed by atoms with Gasteiger partial charge in [-0.3, -0.25) is 0 Å². The van der Waals surface area contributed by atoms with Crippen molar-refractivity contribution in [1.29, 1.82) is 0 Å². The Balaban J connectivity index is 1.94. The van der Waals surface area contributed by atoms with Crippen molar-refractivity contribution in [2.24, 2.45) is 5.92 Å². The Morgan fingerprint density at radius 1 is 1.43 bits per heavy atom. The third kappa shape index (κ3) is 4.92. The molecule has 21 heavy (non-hydrogen) atoms. The van der Waals surface area contributed by atoms with Gasteiger partial charge < -0.3 is 14.8 Å². The lowest BCUT2D eigenvalue weighted by atomic mass is 9.90. The van der Waals surface area contributed by atoms with Crippen LogP contribution < -0.4 is 10.1 Å². The van der Waals surface area contributed by atoms with E-state index in [1.807, 2.05) is 6.07 Å². The molecule has 1 fully saturated rings. The number of ether oxygens (including phenoxy) is 2. The third-order valence-corrected chi connectivity index (χ3v) is 4.13. The highest BCUT2D eigenvalue weighted by molar-refractivity contribution is 5.49. The van der Waals surface area contributed by atoms with Crippen LogP contribution in [-0.4, -0.2) is 24.9 Å². The van der Waals surface area contributed by atoms with Crippen molar-refractivity contribution in [3.05, 3.63) is 24.3 Å². The summed E-state index contributed by atoms with van der Waals surface area (Å²) in [5.74, 6) is 1.49. The molecule has 0 saturated carbocycles. The van der Waals surface area contributed by atoms with Gasteiger partial charge in [0.05, 0.1) is 12.2 Å². The van der Waals surface area contributed by atoms with Gasteiger partial charge in [-0.05, 0) is 44.2 Å². The molecule has 2 unspecified atom stereocenters. The fraction of sp³-hybridized carbons (Fsp3) is 0.667. The third-order valence-electron chi connectivity index (χ3n) is 4.13. The van der Waals surface area contributed by atoms with Gasteiger partial charge in [0.2, 0.25) is 0 Å². The van der Waals surface area contributed by atoms with Crippen molar-refractivity contribution in [3.63, 3.8) is 0 Å². The minimum atomic E-state index is 0.0155. The summed E-state index contributed by atoms with van der Waals surface area (Å²) >= 11 is 0. The van der Waals surface area contributed by atoms with Crippen LogP contribution >= 0.6 is 0 Å². The van der Waals surface area contributed by atoms with E-state index in [1.165, 1.54) is 0 Å². The summed E-state index contributed by atoms with van der Waals surface area (Å²) in [6.07, 6.45) is 3.18. The minimum absolute atomic E-state index is 0.0155. The Labute approximate surface area is 129 Å². The summed E-state index contributed by atoms with van der Waals surface area (Å²) in [7, 11) is 0. The van der Waals surface area contributed by atoms with E-state index in [2.05, 4.69) is 51.2 Å². The minimum Gasteiger partial charge on any atom is -0.493 e. The Bertz CT molecular complexity index is 447. The number of anilines is 1. The second kappa shape index (κ2) is 7.17. The predicted octanol–water partition coefficient (Wildman–Crippen LogP) is 4.48. The molecule has 2 atom stereocenters. The first-order valence-corrected chi connectivity index (χ1v) is 8.14. The summed E-state index contributed by atoms with van der Waals surface area (Å²) in [4.78, 5) is 0. The number of rotatable bonds is 6. The maximum absolute atomic E-state index is 5.91. The molecule has 0 radical (unpaired) electrons. The second-order valence-corrected chi connectivity index (χ2v) is 6.72. The summed E-state index contributed by atoms with van der Waals surface area (Å²) < 4.78 is 11.7. The van der Waals surface area contributed by atoms with Crippen molar-refractivity contribution >= 4 is 5.69 Å². The van der Waals surface area contributed by atoms with E-state index < -0.39 is 0 Å². The van der Waals surface area contributed by atoms with Gasteiger partial charge in [-0.25, -0.2) is 0 Å². The second-order valence-electron chi connectivity index (χ2n) is 6.72. The summed E-state index contributed by atoms with van der Waals surface area (Å²) in [5.41, 5.74) is 1.16. The van der Waals surface area contributed by atoms with Crippen LogP contribution in [0.1, 0.15) is 47.0 Å². The molecule has 0 spiro atoms. The van der Waals surface area contributed by atoms with Crippen molar-refractivity contribution < 1.29 is 9.47 Å². The van der Waals surface area contributed by atoms with Crippen LogP contribution in [0.4, 0.5) is 5.69 Å². The first kappa shape index (κ1) is 16.2. The Hall–Kier alpha value is -1.22. The highest BCUT2D eigenvalue weighted by Gasteiger charge is 2.31. The summed E-state index contributed by atoms with van der Waals surface area (Å²) in [5, 5.41) is 3.64. The van der Waals surface area contributed by atoms with Gasteiger partial charge in [0.25, 0.3) is 0 Å². The monoisotopic (exact) mass is 291 g/mol. The van der Waals surface area contributed by atoms with Crippen molar-refractivity contribution in [3.8, 4) is 5.75 Å². The van der Waals surface area contributed by atoms with E-state index in [9.17, 15) is 0 Å². The molecule has 1 aliphatic rings. The van der Waals surface area contributed by atoms with Crippen LogP contribution in [0, 0.1) is 5.92 Å². The van der Waals surface area contributed by atoms with Crippen molar-refractivity contribution in [2.45, 2.75) is 58.6 Å². The lowest BCUT2D eigenvalue weighted by Crippen LogP contribution is -2.41. The largest absolute Gasteiger partial charge is 0.493 e. The van der Waals surface area contributed by atoms with Gasteiger partial charge in [-0.15, -0.1) is 0 Å². The van der Waals surface area contributed by atoms with Crippen LogP contribution in [0.3, 0.4) is 0 Å². The van der Waals surface area contributed by atoms with Gasteiger partial charge in [-0.2, -0.15) is 0 Å². The molecule has 3 heteroatoms. The first-order chi connectivity index (χ1) is 10.0. The molecular formula is C18H29NO2.